The summed E-state index contributed by atoms with van der Waals surface area (Å²) in [5.74, 6) is 2.07. The molecular formula is C15H26N2O2. The second-order valence-corrected chi connectivity index (χ2v) is 5.17. The van der Waals surface area contributed by atoms with Crippen LogP contribution in [0, 0.1) is 12.8 Å². The molecule has 0 aliphatic heterocycles. The van der Waals surface area contributed by atoms with Crippen molar-refractivity contribution in [3.8, 4) is 11.5 Å². The Balaban J connectivity index is 2.83. The SMILES string of the molecule is COc1cc(C)c(CN(C)CC(C)CN)cc1OC. The van der Waals surface area contributed by atoms with Crippen LogP contribution in [0.15, 0.2) is 12.1 Å². The number of nitrogens with two attached hydrogens (primary N) is 1. The van der Waals surface area contributed by atoms with Gasteiger partial charge in [0.05, 0.1) is 14.2 Å². The van der Waals surface area contributed by atoms with E-state index in [1.807, 2.05) is 6.07 Å². The van der Waals surface area contributed by atoms with Crippen molar-refractivity contribution in [2.45, 2.75) is 20.4 Å². The Morgan fingerprint density at radius 1 is 1.21 bits per heavy atom. The van der Waals surface area contributed by atoms with Crippen LogP contribution in [0.5, 0.6) is 11.5 Å². The van der Waals surface area contributed by atoms with E-state index in [2.05, 4.69) is 31.9 Å². The molecule has 19 heavy (non-hydrogen) atoms. The summed E-state index contributed by atoms with van der Waals surface area (Å²) in [6.07, 6.45) is 0. The van der Waals surface area contributed by atoms with Crippen LogP contribution < -0.4 is 15.2 Å². The maximum atomic E-state index is 5.66. The van der Waals surface area contributed by atoms with Gasteiger partial charge < -0.3 is 20.1 Å². The molecule has 0 aliphatic rings. The third-order valence-corrected chi connectivity index (χ3v) is 3.31. The number of benzene rings is 1. The lowest BCUT2D eigenvalue weighted by Crippen LogP contribution is -2.28. The van der Waals surface area contributed by atoms with E-state index < -0.39 is 0 Å². The van der Waals surface area contributed by atoms with E-state index in [4.69, 9.17) is 15.2 Å². The summed E-state index contributed by atoms with van der Waals surface area (Å²) < 4.78 is 10.7. The minimum Gasteiger partial charge on any atom is -0.493 e. The van der Waals surface area contributed by atoms with Crippen LogP contribution in [-0.2, 0) is 6.54 Å². The van der Waals surface area contributed by atoms with E-state index in [1.165, 1.54) is 11.1 Å². The Hall–Kier alpha value is -1.26. The highest BCUT2D eigenvalue weighted by Crippen LogP contribution is 2.30. The van der Waals surface area contributed by atoms with Gasteiger partial charge in [-0.1, -0.05) is 6.92 Å². The van der Waals surface area contributed by atoms with Crippen molar-refractivity contribution in [1.29, 1.82) is 0 Å². The minimum absolute atomic E-state index is 0.505. The number of rotatable bonds is 7. The van der Waals surface area contributed by atoms with Crippen LogP contribution >= 0.6 is 0 Å². The Morgan fingerprint density at radius 2 is 1.79 bits per heavy atom. The Morgan fingerprint density at radius 3 is 2.32 bits per heavy atom. The molecule has 0 amide bonds. The molecule has 0 heterocycles. The first-order valence-electron chi connectivity index (χ1n) is 6.61. The van der Waals surface area contributed by atoms with Gasteiger partial charge in [0.1, 0.15) is 0 Å². The summed E-state index contributed by atoms with van der Waals surface area (Å²) in [5.41, 5.74) is 8.13. The van der Waals surface area contributed by atoms with Crippen LogP contribution in [0.4, 0.5) is 0 Å². The molecule has 108 valence electrons. The Bertz CT molecular complexity index is 407. The van der Waals surface area contributed by atoms with E-state index in [1.54, 1.807) is 14.2 Å². The monoisotopic (exact) mass is 266 g/mol. The molecule has 0 spiro atoms. The molecule has 2 N–H and O–H groups in total. The van der Waals surface area contributed by atoms with E-state index in [-0.39, 0.29) is 0 Å². The van der Waals surface area contributed by atoms with Gasteiger partial charge in [0.2, 0.25) is 0 Å². The molecule has 1 unspecified atom stereocenters. The smallest absolute Gasteiger partial charge is 0.161 e. The molecule has 4 nitrogen and oxygen atoms in total. The van der Waals surface area contributed by atoms with Gasteiger partial charge in [-0.3, -0.25) is 0 Å². The second-order valence-electron chi connectivity index (χ2n) is 5.17. The van der Waals surface area contributed by atoms with E-state index >= 15 is 0 Å². The fraction of sp³-hybridized carbons (Fsp3) is 0.600. The van der Waals surface area contributed by atoms with Gasteiger partial charge in [0, 0.05) is 13.1 Å². The molecule has 1 aromatic rings. The molecule has 1 atom stereocenters. The maximum absolute atomic E-state index is 5.66. The molecule has 0 saturated carbocycles. The van der Waals surface area contributed by atoms with Crippen molar-refractivity contribution in [3.63, 3.8) is 0 Å². The third kappa shape index (κ3) is 4.40. The first kappa shape index (κ1) is 15.8. The van der Waals surface area contributed by atoms with Crippen molar-refractivity contribution in [2.75, 3.05) is 34.4 Å². The van der Waals surface area contributed by atoms with Crippen LogP contribution in [-0.4, -0.2) is 39.3 Å². The fourth-order valence-electron chi connectivity index (χ4n) is 2.15. The quantitative estimate of drug-likeness (QED) is 0.820. The third-order valence-electron chi connectivity index (χ3n) is 3.31. The van der Waals surface area contributed by atoms with E-state index in [9.17, 15) is 0 Å². The summed E-state index contributed by atoms with van der Waals surface area (Å²) in [4.78, 5) is 2.28. The van der Waals surface area contributed by atoms with Gasteiger partial charge >= 0.3 is 0 Å². The van der Waals surface area contributed by atoms with Crippen molar-refractivity contribution in [2.24, 2.45) is 11.7 Å². The molecule has 0 radical (unpaired) electrons. The number of hydrogen-bond acceptors (Lipinski definition) is 4. The average molecular weight is 266 g/mol. The van der Waals surface area contributed by atoms with Gasteiger partial charge in [-0.05, 0) is 49.7 Å². The summed E-state index contributed by atoms with van der Waals surface area (Å²) in [5, 5.41) is 0. The van der Waals surface area contributed by atoms with Crippen molar-refractivity contribution >= 4 is 0 Å². The highest BCUT2D eigenvalue weighted by atomic mass is 16.5. The van der Waals surface area contributed by atoms with Crippen LogP contribution in [0.2, 0.25) is 0 Å². The largest absolute Gasteiger partial charge is 0.493 e. The van der Waals surface area contributed by atoms with Crippen molar-refractivity contribution in [3.05, 3.63) is 23.3 Å². The van der Waals surface area contributed by atoms with Gasteiger partial charge in [-0.25, -0.2) is 0 Å². The summed E-state index contributed by atoms with van der Waals surface area (Å²) in [7, 11) is 5.44. The zero-order valence-corrected chi connectivity index (χ0v) is 12.7. The topological polar surface area (TPSA) is 47.7 Å². The standard InChI is InChI=1S/C15H26N2O2/c1-11(8-16)9-17(3)10-13-7-15(19-5)14(18-4)6-12(13)2/h6-7,11H,8-10,16H2,1-5H3. The van der Waals surface area contributed by atoms with Gasteiger partial charge in [-0.2, -0.15) is 0 Å². The Kier molecular flexibility index (Phi) is 6.12. The van der Waals surface area contributed by atoms with Crippen molar-refractivity contribution in [1.82, 2.24) is 4.90 Å². The lowest BCUT2D eigenvalue weighted by molar-refractivity contribution is 0.280. The second kappa shape index (κ2) is 7.36. The lowest BCUT2D eigenvalue weighted by Gasteiger charge is -2.22. The van der Waals surface area contributed by atoms with Gasteiger partial charge in [-0.15, -0.1) is 0 Å². The van der Waals surface area contributed by atoms with Crippen LogP contribution in [0.25, 0.3) is 0 Å². The predicted octanol–water partition coefficient (Wildman–Crippen LogP) is 2.04. The van der Waals surface area contributed by atoms with Crippen molar-refractivity contribution < 1.29 is 9.47 Å². The lowest BCUT2D eigenvalue weighted by atomic mass is 10.1. The predicted molar refractivity (Wildman–Crippen MR) is 78.8 cm³/mol. The minimum atomic E-state index is 0.505. The van der Waals surface area contributed by atoms with E-state index in [0.717, 1.165) is 31.1 Å². The average Bonchev–Trinajstić information content (AvgIpc) is 2.40. The first-order chi connectivity index (χ1) is 9.01. The molecule has 0 saturated heterocycles. The highest BCUT2D eigenvalue weighted by Gasteiger charge is 2.11. The zero-order valence-electron chi connectivity index (χ0n) is 12.7. The molecule has 0 fully saturated rings. The van der Waals surface area contributed by atoms with Gasteiger partial charge in [0.25, 0.3) is 0 Å². The van der Waals surface area contributed by atoms with Crippen LogP contribution in [0.1, 0.15) is 18.1 Å². The summed E-state index contributed by atoms with van der Waals surface area (Å²) >= 11 is 0. The number of ether oxygens (including phenoxy) is 2. The Labute approximate surface area is 116 Å². The summed E-state index contributed by atoms with van der Waals surface area (Å²) in [6.45, 7) is 6.85. The summed E-state index contributed by atoms with van der Waals surface area (Å²) in [6, 6.07) is 4.08. The first-order valence-corrected chi connectivity index (χ1v) is 6.61. The number of aryl methyl sites for hydroxylation is 1. The fourth-order valence-corrected chi connectivity index (χ4v) is 2.15. The number of nitrogens with zero attached hydrogens (tertiary/aromatic N) is 1. The number of hydrogen-bond donors (Lipinski definition) is 1. The molecule has 1 aromatic carbocycles. The molecule has 4 heteroatoms. The number of methoxy groups -OCH3 is 2. The maximum Gasteiger partial charge on any atom is 0.161 e. The molecule has 1 rings (SSSR count). The molecule has 0 bridgehead atoms. The normalized spacial score (nSPS) is 12.6. The van der Waals surface area contributed by atoms with Gasteiger partial charge in [0.15, 0.2) is 11.5 Å². The van der Waals surface area contributed by atoms with E-state index in [0.29, 0.717) is 5.92 Å². The molecular weight excluding hydrogens is 240 g/mol. The highest BCUT2D eigenvalue weighted by molar-refractivity contribution is 5.46. The molecule has 0 aromatic heterocycles. The van der Waals surface area contributed by atoms with Crippen LogP contribution in [0.3, 0.4) is 0 Å². The molecule has 0 aliphatic carbocycles. The zero-order chi connectivity index (χ0) is 14.4.